The SMILES string of the molecule is COc1ccc(Cl)cc1CNc1nc(Nc2cn(CCO)cn2)ncc1C(N)=O. The second kappa shape index (κ2) is 9.22. The number of hydrogen-bond acceptors (Lipinski definition) is 8. The number of carbonyl (C=O) groups is 1. The Labute approximate surface area is 171 Å². The first-order valence-corrected chi connectivity index (χ1v) is 9.00. The van der Waals surface area contributed by atoms with Crippen LogP contribution in [0.2, 0.25) is 5.02 Å². The summed E-state index contributed by atoms with van der Waals surface area (Å²) < 4.78 is 7.04. The molecule has 5 N–H and O–H groups in total. The average molecular weight is 418 g/mol. The molecule has 2 aromatic heterocycles. The van der Waals surface area contributed by atoms with Gasteiger partial charge in [0, 0.05) is 36.1 Å². The second-order valence-electron chi connectivity index (χ2n) is 5.98. The van der Waals surface area contributed by atoms with Gasteiger partial charge in [0.05, 0.1) is 25.6 Å². The molecule has 152 valence electrons. The summed E-state index contributed by atoms with van der Waals surface area (Å²) in [5.41, 5.74) is 6.36. The lowest BCUT2D eigenvalue weighted by Crippen LogP contribution is -2.17. The number of anilines is 3. The lowest BCUT2D eigenvalue weighted by Gasteiger charge is -2.13. The highest BCUT2D eigenvalue weighted by Crippen LogP contribution is 2.24. The van der Waals surface area contributed by atoms with E-state index in [4.69, 9.17) is 27.2 Å². The molecule has 0 spiro atoms. The number of aliphatic hydroxyl groups excluding tert-OH is 1. The van der Waals surface area contributed by atoms with E-state index in [1.165, 1.54) is 6.20 Å². The predicted molar refractivity (Wildman–Crippen MR) is 108 cm³/mol. The van der Waals surface area contributed by atoms with Crippen LogP contribution in [0.5, 0.6) is 5.75 Å². The van der Waals surface area contributed by atoms with E-state index < -0.39 is 5.91 Å². The molecule has 0 fully saturated rings. The van der Waals surface area contributed by atoms with Crippen LogP contribution < -0.4 is 21.1 Å². The second-order valence-corrected chi connectivity index (χ2v) is 6.41. The number of rotatable bonds is 9. The number of nitrogens with one attached hydrogen (secondary N) is 2. The number of methoxy groups -OCH3 is 1. The van der Waals surface area contributed by atoms with Crippen molar-refractivity contribution < 1.29 is 14.6 Å². The van der Waals surface area contributed by atoms with Gasteiger partial charge in [-0.15, -0.1) is 0 Å². The highest BCUT2D eigenvalue weighted by atomic mass is 35.5. The van der Waals surface area contributed by atoms with E-state index in [0.29, 0.717) is 29.7 Å². The number of carbonyl (C=O) groups excluding carboxylic acids is 1. The van der Waals surface area contributed by atoms with Crippen molar-refractivity contribution in [1.82, 2.24) is 19.5 Å². The zero-order chi connectivity index (χ0) is 20.8. The summed E-state index contributed by atoms with van der Waals surface area (Å²) in [6.45, 7) is 0.719. The number of aromatic nitrogens is 4. The summed E-state index contributed by atoms with van der Waals surface area (Å²) in [5.74, 6) is 0.957. The molecule has 0 unspecified atom stereocenters. The van der Waals surface area contributed by atoms with Gasteiger partial charge < -0.3 is 30.8 Å². The molecule has 0 saturated heterocycles. The van der Waals surface area contributed by atoms with E-state index in [2.05, 4.69) is 25.6 Å². The van der Waals surface area contributed by atoms with E-state index in [9.17, 15) is 4.79 Å². The number of halogens is 1. The van der Waals surface area contributed by atoms with Crippen molar-refractivity contribution >= 4 is 35.1 Å². The summed E-state index contributed by atoms with van der Waals surface area (Å²) >= 11 is 6.06. The number of primary amides is 1. The van der Waals surface area contributed by atoms with Gasteiger partial charge in [-0.1, -0.05) is 11.6 Å². The highest BCUT2D eigenvalue weighted by molar-refractivity contribution is 6.30. The summed E-state index contributed by atoms with van der Waals surface area (Å²) in [7, 11) is 1.56. The Morgan fingerprint density at radius 1 is 1.38 bits per heavy atom. The average Bonchev–Trinajstić information content (AvgIpc) is 3.13. The largest absolute Gasteiger partial charge is 0.496 e. The lowest BCUT2D eigenvalue weighted by molar-refractivity contribution is 0.100. The van der Waals surface area contributed by atoms with Gasteiger partial charge in [-0.05, 0) is 18.2 Å². The molecule has 0 aliphatic rings. The van der Waals surface area contributed by atoms with Gasteiger partial charge >= 0.3 is 0 Å². The molecule has 1 aromatic carbocycles. The number of benzene rings is 1. The van der Waals surface area contributed by atoms with Crippen LogP contribution in [0.1, 0.15) is 15.9 Å². The number of nitrogens with two attached hydrogens (primary N) is 1. The number of hydrogen-bond donors (Lipinski definition) is 4. The molecular formula is C18H20ClN7O3. The van der Waals surface area contributed by atoms with Crippen molar-refractivity contribution in [3.8, 4) is 5.75 Å². The number of nitrogens with zero attached hydrogens (tertiary/aromatic N) is 4. The van der Waals surface area contributed by atoms with Crippen LogP contribution in [0.3, 0.4) is 0 Å². The minimum Gasteiger partial charge on any atom is -0.496 e. The number of amides is 1. The quantitative estimate of drug-likeness (QED) is 0.413. The van der Waals surface area contributed by atoms with Gasteiger partial charge in [-0.25, -0.2) is 9.97 Å². The first kappa shape index (κ1) is 20.4. The summed E-state index contributed by atoms with van der Waals surface area (Å²) in [4.78, 5) is 24.3. The van der Waals surface area contributed by atoms with E-state index in [-0.39, 0.29) is 23.9 Å². The summed E-state index contributed by atoms with van der Waals surface area (Å²) in [6, 6.07) is 5.23. The van der Waals surface area contributed by atoms with Gasteiger partial charge in [0.1, 0.15) is 11.6 Å². The van der Waals surface area contributed by atoms with E-state index in [1.807, 2.05) is 0 Å². The maximum absolute atomic E-state index is 11.8. The van der Waals surface area contributed by atoms with Crippen molar-refractivity contribution in [3.05, 3.63) is 53.1 Å². The first-order chi connectivity index (χ1) is 14.0. The molecule has 0 aliphatic heterocycles. The molecule has 1 amide bonds. The van der Waals surface area contributed by atoms with Crippen molar-refractivity contribution in [3.63, 3.8) is 0 Å². The van der Waals surface area contributed by atoms with Crippen LogP contribution in [-0.4, -0.2) is 44.2 Å². The molecule has 29 heavy (non-hydrogen) atoms. The lowest BCUT2D eigenvalue weighted by atomic mass is 10.2. The fourth-order valence-corrected chi connectivity index (χ4v) is 2.79. The Hall–Kier alpha value is -3.37. The van der Waals surface area contributed by atoms with Crippen molar-refractivity contribution in [1.29, 1.82) is 0 Å². The van der Waals surface area contributed by atoms with Crippen LogP contribution in [0, 0.1) is 0 Å². The van der Waals surface area contributed by atoms with E-state index >= 15 is 0 Å². The zero-order valence-electron chi connectivity index (χ0n) is 15.6. The van der Waals surface area contributed by atoms with Gasteiger partial charge in [0.15, 0.2) is 5.82 Å². The summed E-state index contributed by atoms with van der Waals surface area (Å²) in [6.07, 6.45) is 4.60. The molecular weight excluding hydrogens is 398 g/mol. The fourth-order valence-electron chi connectivity index (χ4n) is 2.60. The van der Waals surface area contributed by atoms with Gasteiger partial charge in [-0.2, -0.15) is 4.98 Å². The Bertz CT molecular complexity index is 1010. The fraction of sp³-hybridized carbons (Fsp3) is 0.222. The van der Waals surface area contributed by atoms with E-state index in [1.54, 1.807) is 42.4 Å². The third kappa shape index (κ3) is 5.12. The normalized spacial score (nSPS) is 10.6. The molecule has 3 rings (SSSR count). The molecule has 3 aromatic rings. The Morgan fingerprint density at radius 2 is 2.21 bits per heavy atom. The predicted octanol–water partition coefficient (Wildman–Crippen LogP) is 1.78. The minimum atomic E-state index is -0.663. The van der Waals surface area contributed by atoms with Crippen molar-refractivity contribution in [2.45, 2.75) is 13.1 Å². The Morgan fingerprint density at radius 3 is 2.93 bits per heavy atom. The van der Waals surface area contributed by atoms with Crippen molar-refractivity contribution in [2.24, 2.45) is 5.73 Å². The van der Waals surface area contributed by atoms with Crippen LogP contribution in [-0.2, 0) is 13.1 Å². The number of ether oxygens (including phenoxy) is 1. The van der Waals surface area contributed by atoms with Crippen LogP contribution in [0.25, 0.3) is 0 Å². The first-order valence-electron chi connectivity index (χ1n) is 8.63. The maximum atomic E-state index is 11.8. The Kier molecular flexibility index (Phi) is 6.47. The third-order valence-electron chi connectivity index (χ3n) is 3.97. The molecule has 11 heteroatoms. The highest BCUT2D eigenvalue weighted by Gasteiger charge is 2.14. The van der Waals surface area contributed by atoms with Crippen LogP contribution in [0.4, 0.5) is 17.6 Å². The van der Waals surface area contributed by atoms with Gasteiger partial charge in [0.2, 0.25) is 5.95 Å². The number of imidazole rings is 1. The van der Waals surface area contributed by atoms with Gasteiger partial charge in [0.25, 0.3) is 5.91 Å². The molecule has 0 saturated carbocycles. The van der Waals surface area contributed by atoms with Crippen LogP contribution >= 0.6 is 11.6 Å². The van der Waals surface area contributed by atoms with Crippen LogP contribution in [0.15, 0.2) is 36.9 Å². The molecule has 0 bridgehead atoms. The molecule has 10 nitrogen and oxygen atoms in total. The molecule has 0 radical (unpaired) electrons. The minimum absolute atomic E-state index is 0.000637. The number of aliphatic hydroxyl groups is 1. The smallest absolute Gasteiger partial charge is 0.254 e. The molecule has 2 heterocycles. The maximum Gasteiger partial charge on any atom is 0.254 e. The Balaban J connectivity index is 1.81. The standard InChI is InChI=1S/C18H20ClN7O3/c1-29-14-3-2-12(19)6-11(14)7-21-17-13(16(20)28)8-22-18(25-17)24-15-9-26(4-5-27)10-23-15/h2-3,6,8-10,27H,4-5,7H2,1H3,(H2,20,28)(H2,21,22,24,25). The van der Waals surface area contributed by atoms with E-state index in [0.717, 1.165) is 5.56 Å². The van der Waals surface area contributed by atoms with Crippen molar-refractivity contribution in [2.75, 3.05) is 24.4 Å². The third-order valence-corrected chi connectivity index (χ3v) is 4.21. The summed E-state index contributed by atoms with van der Waals surface area (Å²) in [5, 5.41) is 15.6. The van der Waals surface area contributed by atoms with Gasteiger partial charge in [-0.3, -0.25) is 4.79 Å². The zero-order valence-corrected chi connectivity index (χ0v) is 16.3. The topological polar surface area (TPSA) is 140 Å². The molecule has 0 atom stereocenters. The molecule has 0 aliphatic carbocycles. The monoisotopic (exact) mass is 417 g/mol.